The largest absolute Gasteiger partial charge is 0.435 e. The van der Waals surface area contributed by atoms with Crippen LogP contribution in [-0.2, 0) is 12.4 Å². The fourth-order valence-corrected chi connectivity index (χ4v) is 2.50. The molecule has 0 fully saturated rings. The minimum atomic E-state index is -5.15. The smallest absolute Gasteiger partial charge is 0.322 e. The van der Waals surface area contributed by atoms with Crippen molar-refractivity contribution < 1.29 is 44.3 Å². The maximum Gasteiger partial charge on any atom is 0.435 e. The molecule has 0 radical (unpaired) electrons. The number of halogens is 9. The van der Waals surface area contributed by atoms with Crippen molar-refractivity contribution in [2.24, 2.45) is 0 Å². The molecule has 1 amide bonds. The molecule has 0 spiro atoms. The fraction of sp³-hybridized carbons (Fsp3) is 0.111. The van der Waals surface area contributed by atoms with Gasteiger partial charge in [-0.25, -0.2) is 17.9 Å². The molecule has 0 aliphatic carbocycles. The van der Waals surface area contributed by atoms with E-state index in [4.69, 9.17) is 0 Å². The summed E-state index contributed by atoms with van der Waals surface area (Å²) in [6.45, 7) is 0. The number of amides is 1. The Hall–Kier alpha value is -3.51. The number of rotatable bonds is 3. The van der Waals surface area contributed by atoms with Crippen molar-refractivity contribution in [1.82, 2.24) is 9.78 Å². The van der Waals surface area contributed by atoms with Crippen molar-refractivity contribution in [3.8, 4) is 5.69 Å². The summed E-state index contributed by atoms with van der Waals surface area (Å²) in [5.41, 5.74) is -4.81. The number of anilines is 1. The molecule has 0 saturated carbocycles. The summed E-state index contributed by atoms with van der Waals surface area (Å²) in [7, 11) is 0. The van der Waals surface area contributed by atoms with Gasteiger partial charge in [0.1, 0.15) is 5.69 Å². The maximum atomic E-state index is 13.7. The van der Waals surface area contributed by atoms with Gasteiger partial charge in [-0.1, -0.05) is 0 Å². The van der Waals surface area contributed by atoms with Gasteiger partial charge in [0, 0.05) is 11.8 Å². The SMILES string of the molecule is O=C(Nc1ccc(-n2nc(C(F)(F)F)cc2C(F)(F)F)cc1)c1ccc(F)c(F)c1F. The summed E-state index contributed by atoms with van der Waals surface area (Å²) in [6.07, 6.45) is -10.3. The first kappa shape index (κ1) is 22.2. The van der Waals surface area contributed by atoms with Crippen molar-refractivity contribution in [2.75, 3.05) is 5.32 Å². The van der Waals surface area contributed by atoms with E-state index < -0.39 is 58.4 Å². The van der Waals surface area contributed by atoms with Crippen molar-refractivity contribution >= 4 is 11.6 Å². The molecule has 0 aliphatic rings. The van der Waals surface area contributed by atoms with Gasteiger partial charge in [0.15, 0.2) is 23.1 Å². The van der Waals surface area contributed by atoms with Crippen LogP contribution in [0.15, 0.2) is 42.5 Å². The number of carbonyl (C=O) groups excluding carboxylic acids is 1. The van der Waals surface area contributed by atoms with Crippen LogP contribution in [0, 0.1) is 17.5 Å². The second-order valence-electron chi connectivity index (χ2n) is 6.05. The lowest BCUT2D eigenvalue weighted by Gasteiger charge is -2.11. The Kier molecular flexibility index (Phi) is 5.46. The summed E-state index contributed by atoms with van der Waals surface area (Å²) < 4.78 is 117. The molecular weight excluding hydrogens is 445 g/mol. The van der Waals surface area contributed by atoms with Crippen LogP contribution in [0.5, 0.6) is 0 Å². The summed E-state index contributed by atoms with van der Waals surface area (Å²) >= 11 is 0. The summed E-state index contributed by atoms with van der Waals surface area (Å²) in [6, 6.07) is 4.88. The minimum absolute atomic E-state index is 0.0312. The first-order valence-electron chi connectivity index (χ1n) is 8.09. The molecule has 0 unspecified atom stereocenters. The normalized spacial score (nSPS) is 12.2. The van der Waals surface area contributed by atoms with Gasteiger partial charge in [-0.05, 0) is 36.4 Å². The molecule has 31 heavy (non-hydrogen) atoms. The standard InChI is InChI=1S/C18H8F9N3O/c19-11-6-5-10(14(20)15(11)21)16(31)28-8-1-3-9(4-2-8)30-13(18(25,26)27)7-12(29-30)17(22,23)24/h1-7H,(H,28,31). The molecule has 0 aliphatic heterocycles. The average molecular weight is 453 g/mol. The van der Waals surface area contributed by atoms with E-state index in [-0.39, 0.29) is 16.4 Å². The highest BCUT2D eigenvalue weighted by Gasteiger charge is 2.42. The molecule has 1 N–H and O–H groups in total. The van der Waals surface area contributed by atoms with E-state index in [1.165, 1.54) is 0 Å². The third-order valence-corrected chi connectivity index (χ3v) is 3.94. The van der Waals surface area contributed by atoms with Gasteiger partial charge in [0.25, 0.3) is 5.91 Å². The highest BCUT2D eigenvalue weighted by molar-refractivity contribution is 6.04. The zero-order chi connectivity index (χ0) is 23.1. The van der Waals surface area contributed by atoms with Gasteiger partial charge < -0.3 is 5.32 Å². The Bertz CT molecular complexity index is 1130. The van der Waals surface area contributed by atoms with Crippen LogP contribution in [0.3, 0.4) is 0 Å². The third-order valence-electron chi connectivity index (χ3n) is 3.94. The Balaban J connectivity index is 1.90. The molecule has 1 aromatic heterocycles. The minimum Gasteiger partial charge on any atom is -0.322 e. The van der Waals surface area contributed by atoms with Crippen LogP contribution in [0.1, 0.15) is 21.7 Å². The van der Waals surface area contributed by atoms with Gasteiger partial charge >= 0.3 is 12.4 Å². The first-order valence-corrected chi connectivity index (χ1v) is 8.09. The molecule has 2 aromatic carbocycles. The number of carbonyl (C=O) groups is 1. The maximum absolute atomic E-state index is 13.7. The zero-order valence-corrected chi connectivity index (χ0v) is 14.7. The molecule has 0 atom stereocenters. The highest BCUT2D eigenvalue weighted by Crippen LogP contribution is 2.36. The van der Waals surface area contributed by atoms with E-state index in [2.05, 4.69) is 10.4 Å². The van der Waals surface area contributed by atoms with Gasteiger partial charge in [0.2, 0.25) is 0 Å². The van der Waals surface area contributed by atoms with Crippen LogP contribution in [0.2, 0.25) is 0 Å². The van der Waals surface area contributed by atoms with Crippen LogP contribution in [-0.4, -0.2) is 15.7 Å². The van der Waals surface area contributed by atoms with Gasteiger partial charge in [-0.2, -0.15) is 31.4 Å². The van der Waals surface area contributed by atoms with Gasteiger partial charge in [0.05, 0.1) is 11.3 Å². The molecular formula is C18H8F9N3O. The van der Waals surface area contributed by atoms with Crippen molar-refractivity contribution in [2.45, 2.75) is 12.4 Å². The summed E-state index contributed by atoms with van der Waals surface area (Å²) in [5.74, 6) is -6.34. The van der Waals surface area contributed by atoms with E-state index in [0.717, 1.165) is 24.3 Å². The molecule has 3 aromatic rings. The van der Waals surface area contributed by atoms with E-state index in [1.54, 1.807) is 0 Å². The van der Waals surface area contributed by atoms with E-state index >= 15 is 0 Å². The number of aromatic nitrogens is 2. The lowest BCUT2D eigenvalue weighted by molar-refractivity contribution is -0.143. The van der Waals surface area contributed by atoms with Crippen molar-refractivity contribution in [3.05, 3.63) is 76.9 Å². The topological polar surface area (TPSA) is 46.9 Å². The molecule has 3 rings (SSSR count). The van der Waals surface area contributed by atoms with Gasteiger partial charge in [-0.3, -0.25) is 4.79 Å². The summed E-state index contributed by atoms with van der Waals surface area (Å²) in [5, 5.41) is 5.04. The van der Waals surface area contributed by atoms with Crippen LogP contribution in [0.25, 0.3) is 5.69 Å². The third kappa shape index (κ3) is 4.49. The Morgan fingerprint density at radius 2 is 1.45 bits per heavy atom. The van der Waals surface area contributed by atoms with E-state index in [0.29, 0.717) is 12.1 Å². The molecule has 0 saturated heterocycles. The average Bonchev–Trinajstić information content (AvgIpc) is 3.13. The first-order chi connectivity index (χ1) is 14.3. The highest BCUT2D eigenvalue weighted by atomic mass is 19.4. The molecule has 1 heterocycles. The number of benzene rings is 2. The van der Waals surface area contributed by atoms with Gasteiger partial charge in [-0.15, -0.1) is 0 Å². The van der Waals surface area contributed by atoms with Crippen LogP contribution >= 0.6 is 0 Å². The van der Waals surface area contributed by atoms with E-state index in [9.17, 15) is 44.3 Å². The predicted molar refractivity (Wildman–Crippen MR) is 87.8 cm³/mol. The van der Waals surface area contributed by atoms with Crippen molar-refractivity contribution in [3.63, 3.8) is 0 Å². The molecule has 0 bridgehead atoms. The molecule has 13 heteroatoms. The van der Waals surface area contributed by atoms with Crippen LogP contribution in [0.4, 0.5) is 45.2 Å². The Morgan fingerprint density at radius 1 is 0.839 bits per heavy atom. The predicted octanol–water partition coefficient (Wildman–Crippen LogP) is 5.58. The van der Waals surface area contributed by atoms with E-state index in [1.807, 2.05) is 0 Å². The summed E-state index contributed by atoms with van der Waals surface area (Å²) in [4.78, 5) is 12.0. The lowest BCUT2D eigenvalue weighted by Crippen LogP contribution is -2.15. The number of nitrogens with one attached hydrogen (secondary N) is 1. The quantitative estimate of drug-likeness (QED) is 0.416. The number of hydrogen-bond acceptors (Lipinski definition) is 2. The number of nitrogens with zero attached hydrogens (tertiary/aromatic N) is 2. The Labute approximate surface area is 166 Å². The zero-order valence-electron chi connectivity index (χ0n) is 14.7. The van der Waals surface area contributed by atoms with Crippen LogP contribution < -0.4 is 5.32 Å². The molecule has 164 valence electrons. The number of alkyl halides is 6. The van der Waals surface area contributed by atoms with Crippen molar-refractivity contribution in [1.29, 1.82) is 0 Å². The Morgan fingerprint density at radius 3 is 2.00 bits per heavy atom. The number of hydrogen-bond donors (Lipinski definition) is 1. The second-order valence-corrected chi connectivity index (χ2v) is 6.05. The monoisotopic (exact) mass is 453 g/mol. The lowest BCUT2D eigenvalue weighted by atomic mass is 10.1. The fourth-order valence-electron chi connectivity index (χ4n) is 2.50. The second kappa shape index (κ2) is 7.63. The molecule has 4 nitrogen and oxygen atoms in total.